The van der Waals surface area contributed by atoms with E-state index in [1.807, 2.05) is 6.07 Å². The van der Waals surface area contributed by atoms with Crippen LogP contribution in [0.5, 0.6) is 0 Å². The highest BCUT2D eigenvalue weighted by molar-refractivity contribution is 7.99. The zero-order chi connectivity index (χ0) is 12.1. The van der Waals surface area contributed by atoms with Gasteiger partial charge in [0.1, 0.15) is 6.07 Å². The second-order valence-corrected chi connectivity index (χ2v) is 4.74. The molecule has 84 valence electrons. The lowest BCUT2D eigenvalue weighted by molar-refractivity contribution is -0.140. The second kappa shape index (κ2) is 5.78. The molecule has 0 amide bonds. The van der Waals surface area contributed by atoms with E-state index >= 15 is 0 Å². The van der Waals surface area contributed by atoms with Gasteiger partial charge in [-0.3, -0.25) is 4.79 Å². The van der Waals surface area contributed by atoms with Gasteiger partial charge in [-0.2, -0.15) is 5.26 Å². The summed E-state index contributed by atoms with van der Waals surface area (Å²) in [4.78, 5) is 11.4. The number of nitrogens with zero attached hydrogens (tertiary/aromatic N) is 1. The summed E-state index contributed by atoms with van der Waals surface area (Å²) >= 11 is 7.19. The second-order valence-electron chi connectivity index (χ2n) is 3.28. The number of thioether (sulfide) groups is 1. The van der Waals surface area contributed by atoms with Crippen molar-refractivity contribution in [1.29, 1.82) is 5.26 Å². The van der Waals surface area contributed by atoms with Crippen molar-refractivity contribution in [3.63, 3.8) is 0 Å². The van der Waals surface area contributed by atoms with E-state index in [1.165, 1.54) is 11.8 Å². The van der Waals surface area contributed by atoms with Crippen molar-refractivity contribution in [2.45, 2.75) is 11.8 Å². The zero-order valence-electron chi connectivity index (χ0n) is 8.61. The van der Waals surface area contributed by atoms with E-state index in [4.69, 9.17) is 22.0 Å². The lowest BCUT2D eigenvalue weighted by atomic mass is 10.2. The number of carboxylic acid groups (broad SMARTS) is 1. The van der Waals surface area contributed by atoms with Gasteiger partial charge < -0.3 is 5.11 Å². The number of hydrogen-bond acceptors (Lipinski definition) is 3. The van der Waals surface area contributed by atoms with Crippen LogP contribution < -0.4 is 0 Å². The first-order valence-corrected chi connectivity index (χ1v) is 5.96. The highest BCUT2D eigenvalue weighted by Gasteiger charge is 2.13. The van der Waals surface area contributed by atoms with Gasteiger partial charge in [0.25, 0.3) is 0 Å². The molecule has 1 unspecified atom stereocenters. The maximum atomic E-state index is 10.6. The van der Waals surface area contributed by atoms with Gasteiger partial charge >= 0.3 is 5.97 Å². The van der Waals surface area contributed by atoms with Crippen molar-refractivity contribution < 1.29 is 9.90 Å². The van der Waals surface area contributed by atoms with Crippen molar-refractivity contribution in [2.24, 2.45) is 5.92 Å². The van der Waals surface area contributed by atoms with Gasteiger partial charge in [0.05, 0.1) is 16.5 Å². The molecule has 0 saturated carbocycles. The van der Waals surface area contributed by atoms with Crippen LogP contribution in [-0.4, -0.2) is 16.8 Å². The van der Waals surface area contributed by atoms with E-state index < -0.39 is 11.9 Å². The Hall–Kier alpha value is -1.18. The third-order valence-corrected chi connectivity index (χ3v) is 3.63. The molecule has 1 aromatic carbocycles. The van der Waals surface area contributed by atoms with Gasteiger partial charge in [-0.25, -0.2) is 0 Å². The van der Waals surface area contributed by atoms with Crippen LogP contribution in [0.25, 0.3) is 0 Å². The van der Waals surface area contributed by atoms with E-state index in [9.17, 15) is 4.79 Å². The smallest absolute Gasteiger partial charge is 0.307 e. The molecule has 16 heavy (non-hydrogen) atoms. The molecule has 0 saturated heterocycles. The maximum Gasteiger partial charge on any atom is 0.307 e. The van der Waals surface area contributed by atoms with Crippen LogP contribution in [0.2, 0.25) is 5.02 Å². The monoisotopic (exact) mass is 255 g/mol. The van der Waals surface area contributed by atoms with Crippen molar-refractivity contribution in [2.75, 3.05) is 5.75 Å². The van der Waals surface area contributed by atoms with Crippen molar-refractivity contribution >= 4 is 29.3 Å². The fourth-order valence-electron chi connectivity index (χ4n) is 1.02. The molecule has 0 radical (unpaired) electrons. The summed E-state index contributed by atoms with van der Waals surface area (Å²) in [5, 5.41) is 18.0. The Balaban J connectivity index is 2.79. The molecule has 1 atom stereocenters. The number of hydrogen-bond donors (Lipinski definition) is 1. The molecule has 0 aromatic heterocycles. The average Bonchev–Trinajstić information content (AvgIpc) is 2.25. The van der Waals surface area contributed by atoms with Crippen LogP contribution >= 0.6 is 23.4 Å². The van der Waals surface area contributed by atoms with E-state index in [0.717, 1.165) is 4.90 Å². The largest absolute Gasteiger partial charge is 0.481 e. The molecular weight excluding hydrogens is 246 g/mol. The number of aliphatic carboxylic acids is 1. The normalized spacial score (nSPS) is 11.8. The van der Waals surface area contributed by atoms with Crippen LogP contribution in [0, 0.1) is 17.2 Å². The van der Waals surface area contributed by atoms with Crippen LogP contribution in [0.1, 0.15) is 12.5 Å². The fraction of sp³-hybridized carbons (Fsp3) is 0.273. The van der Waals surface area contributed by atoms with E-state index in [-0.39, 0.29) is 0 Å². The standard InChI is InChI=1S/C11H10ClNO2S/c1-7(11(14)15)6-16-10-4-2-3-9(12)8(10)5-13/h2-4,7H,6H2,1H3,(H,14,15). The SMILES string of the molecule is CC(CSc1cccc(Cl)c1C#N)C(=O)O. The lowest BCUT2D eigenvalue weighted by Crippen LogP contribution is -2.11. The minimum atomic E-state index is -0.840. The van der Waals surface area contributed by atoms with Gasteiger partial charge in [0.15, 0.2) is 0 Å². The van der Waals surface area contributed by atoms with E-state index in [0.29, 0.717) is 16.3 Å². The predicted molar refractivity (Wildman–Crippen MR) is 63.7 cm³/mol. The molecule has 0 aliphatic heterocycles. The minimum absolute atomic E-state index is 0.399. The predicted octanol–water partition coefficient (Wildman–Crippen LogP) is 3.02. The molecular formula is C11H10ClNO2S. The lowest BCUT2D eigenvalue weighted by Gasteiger charge is -2.07. The Morgan fingerprint density at radius 1 is 1.69 bits per heavy atom. The Labute approximate surface area is 103 Å². The van der Waals surface area contributed by atoms with Crippen LogP contribution in [-0.2, 0) is 4.79 Å². The molecule has 1 rings (SSSR count). The molecule has 1 N–H and O–H groups in total. The van der Waals surface area contributed by atoms with Gasteiger partial charge in [-0.15, -0.1) is 11.8 Å². The molecule has 0 spiro atoms. The Kier molecular flexibility index (Phi) is 4.66. The first-order valence-electron chi connectivity index (χ1n) is 4.60. The summed E-state index contributed by atoms with van der Waals surface area (Å²) in [5.74, 6) is -0.867. The summed E-state index contributed by atoms with van der Waals surface area (Å²) < 4.78 is 0. The van der Waals surface area contributed by atoms with Crippen molar-refractivity contribution in [3.05, 3.63) is 28.8 Å². The zero-order valence-corrected chi connectivity index (χ0v) is 10.2. The Morgan fingerprint density at radius 2 is 2.38 bits per heavy atom. The fourth-order valence-corrected chi connectivity index (χ4v) is 2.34. The number of rotatable bonds is 4. The highest BCUT2D eigenvalue weighted by Crippen LogP contribution is 2.28. The van der Waals surface area contributed by atoms with Gasteiger partial charge in [0, 0.05) is 10.6 Å². The van der Waals surface area contributed by atoms with Crippen LogP contribution in [0.3, 0.4) is 0 Å². The van der Waals surface area contributed by atoms with Gasteiger partial charge in [-0.05, 0) is 12.1 Å². The number of carboxylic acids is 1. The number of carbonyl (C=O) groups is 1. The summed E-state index contributed by atoms with van der Waals surface area (Å²) in [6.07, 6.45) is 0. The minimum Gasteiger partial charge on any atom is -0.481 e. The van der Waals surface area contributed by atoms with E-state index in [2.05, 4.69) is 0 Å². The maximum absolute atomic E-state index is 10.6. The third-order valence-electron chi connectivity index (χ3n) is 2.00. The molecule has 1 aromatic rings. The quantitative estimate of drug-likeness (QED) is 0.840. The van der Waals surface area contributed by atoms with E-state index in [1.54, 1.807) is 25.1 Å². The summed E-state index contributed by atoms with van der Waals surface area (Å²) in [5.41, 5.74) is 0.409. The Morgan fingerprint density at radius 3 is 2.94 bits per heavy atom. The van der Waals surface area contributed by atoms with Gasteiger partial charge in [-0.1, -0.05) is 24.6 Å². The third kappa shape index (κ3) is 3.16. The topological polar surface area (TPSA) is 61.1 Å². The molecule has 3 nitrogen and oxygen atoms in total. The molecule has 0 fully saturated rings. The molecule has 0 aliphatic rings. The Bertz CT molecular complexity index is 442. The molecule has 0 heterocycles. The molecule has 0 bridgehead atoms. The number of nitriles is 1. The molecule has 5 heteroatoms. The highest BCUT2D eigenvalue weighted by atomic mass is 35.5. The first kappa shape index (κ1) is 12.9. The summed E-state index contributed by atoms with van der Waals surface area (Å²) in [6.45, 7) is 1.63. The number of halogens is 1. The summed E-state index contributed by atoms with van der Waals surface area (Å²) in [6, 6.07) is 7.17. The average molecular weight is 256 g/mol. The van der Waals surface area contributed by atoms with Crippen LogP contribution in [0.4, 0.5) is 0 Å². The molecule has 0 aliphatic carbocycles. The number of benzene rings is 1. The van der Waals surface area contributed by atoms with Crippen molar-refractivity contribution in [1.82, 2.24) is 0 Å². The van der Waals surface area contributed by atoms with Crippen LogP contribution in [0.15, 0.2) is 23.1 Å². The van der Waals surface area contributed by atoms with Gasteiger partial charge in [0.2, 0.25) is 0 Å². The van der Waals surface area contributed by atoms with Crippen molar-refractivity contribution in [3.8, 4) is 6.07 Å². The summed E-state index contributed by atoms with van der Waals surface area (Å²) in [7, 11) is 0. The first-order chi connectivity index (χ1) is 7.56.